The number of hydrogen-bond acceptors (Lipinski definition) is 4. The van der Waals surface area contributed by atoms with Crippen LogP contribution in [-0.4, -0.2) is 43.9 Å². The lowest BCUT2D eigenvalue weighted by Gasteiger charge is -2.34. The van der Waals surface area contributed by atoms with Crippen LogP contribution in [0.25, 0.3) is 0 Å². The number of sulfonamides is 1. The number of anilines is 1. The van der Waals surface area contributed by atoms with Crippen molar-refractivity contribution in [3.63, 3.8) is 0 Å². The predicted octanol–water partition coefficient (Wildman–Crippen LogP) is 1.73. The Morgan fingerprint density at radius 3 is 2.27 bits per heavy atom. The van der Waals surface area contributed by atoms with E-state index in [0.29, 0.717) is 26.2 Å². The minimum atomic E-state index is -3.79. The van der Waals surface area contributed by atoms with Gasteiger partial charge in [0, 0.05) is 32.4 Å². The zero-order valence-corrected chi connectivity index (χ0v) is 12.7. The van der Waals surface area contributed by atoms with Gasteiger partial charge in [-0.05, 0) is 24.3 Å². The van der Waals surface area contributed by atoms with E-state index < -0.39 is 15.8 Å². The Bertz CT molecular complexity index is 744. The molecule has 1 aliphatic heterocycles. The molecule has 1 aromatic heterocycles. The molecule has 1 aromatic carbocycles. The molecule has 0 N–H and O–H groups in total. The van der Waals surface area contributed by atoms with Gasteiger partial charge in [-0.1, -0.05) is 18.2 Å². The fraction of sp³-hybridized carbons (Fsp3) is 0.267. The molecule has 1 aliphatic rings. The van der Waals surface area contributed by atoms with Gasteiger partial charge in [-0.25, -0.2) is 17.8 Å². The quantitative estimate of drug-likeness (QED) is 0.864. The highest BCUT2D eigenvalue weighted by molar-refractivity contribution is 7.89. The molecule has 5 nitrogen and oxygen atoms in total. The van der Waals surface area contributed by atoms with Crippen molar-refractivity contribution in [2.75, 3.05) is 31.1 Å². The van der Waals surface area contributed by atoms with E-state index in [9.17, 15) is 12.8 Å². The van der Waals surface area contributed by atoms with Crippen molar-refractivity contribution in [2.24, 2.45) is 0 Å². The maximum Gasteiger partial charge on any atom is 0.246 e. The molecule has 7 heteroatoms. The first-order valence-electron chi connectivity index (χ1n) is 7.00. The van der Waals surface area contributed by atoms with Gasteiger partial charge in [0.05, 0.1) is 0 Å². The van der Waals surface area contributed by atoms with E-state index in [4.69, 9.17) is 0 Å². The van der Waals surface area contributed by atoms with Gasteiger partial charge in [0.2, 0.25) is 10.0 Å². The number of hydrogen-bond donors (Lipinski definition) is 0. The molecule has 116 valence electrons. The maximum atomic E-state index is 13.8. The lowest BCUT2D eigenvalue weighted by atomic mass is 10.3. The molecule has 0 saturated carbocycles. The van der Waals surface area contributed by atoms with Gasteiger partial charge in [0.15, 0.2) is 0 Å². The van der Waals surface area contributed by atoms with Gasteiger partial charge in [-0.3, -0.25) is 0 Å². The predicted molar refractivity (Wildman–Crippen MR) is 81.6 cm³/mol. The lowest BCUT2D eigenvalue weighted by molar-refractivity contribution is 0.381. The SMILES string of the molecule is O=S(=O)(c1ccccc1F)N1CCN(c2ccccn2)CC1. The monoisotopic (exact) mass is 321 g/mol. The average Bonchev–Trinajstić information content (AvgIpc) is 2.56. The minimum Gasteiger partial charge on any atom is -0.354 e. The Hall–Kier alpha value is -1.99. The van der Waals surface area contributed by atoms with E-state index in [-0.39, 0.29) is 4.90 Å². The van der Waals surface area contributed by atoms with Crippen molar-refractivity contribution in [3.05, 3.63) is 54.5 Å². The Morgan fingerprint density at radius 1 is 0.955 bits per heavy atom. The van der Waals surface area contributed by atoms with E-state index in [1.165, 1.54) is 22.5 Å². The van der Waals surface area contributed by atoms with Crippen molar-refractivity contribution < 1.29 is 12.8 Å². The summed E-state index contributed by atoms with van der Waals surface area (Å²) in [5, 5.41) is 0. The van der Waals surface area contributed by atoms with E-state index in [1.807, 2.05) is 23.1 Å². The van der Waals surface area contributed by atoms with Crippen molar-refractivity contribution in [1.29, 1.82) is 0 Å². The first-order valence-corrected chi connectivity index (χ1v) is 8.44. The Balaban J connectivity index is 1.75. The first-order chi connectivity index (χ1) is 10.6. The number of benzene rings is 1. The van der Waals surface area contributed by atoms with Gasteiger partial charge in [-0.2, -0.15) is 4.31 Å². The molecule has 0 unspecified atom stereocenters. The third-order valence-corrected chi connectivity index (χ3v) is 5.60. The van der Waals surface area contributed by atoms with Crippen molar-refractivity contribution >= 4 is 15.8 Å². The molecule has 1 saturated heterocycles. The number of nitrogens with zero attached hydrogens (tertiary/aromatic N) is 3. The summed E-state index contributed by atoms with van der Waals surface area (Å²) in [4.78, 5) is 6.02. The Labute approximate surface area is 129 Å². The second kappa shape index (κ2) is 6.02. The molecule has 3 rings (SSSR count). The van der Waals surface area contributed by atoms with Crippen LogP contribution in [0.4, 0.5) is 10.2 Å². The summed E-state index contributed by atoms with van der Waals surface area (Å²) < 4.78 is 40.1. The molecule has 0 amide bonds. The molecule has 0 radical (unpaired) electrons. The van der Waals surface area contributed by atoms with Crippen LogP contribution in [-0.2, 0) is 10.0 Å². The Kier molecular flexibility index (Phi) is 4.08. The number of rotatable bonds is 3. The molecular weight excluding hydrogens is 305 g/mol. The third kappa shape index (κ3) is 2.82. The van der Waals surface area contributed by atoms with Crippen LogP contribution in [0.3, 0.4) is 0 Å². The molecule has 0 aliphatic carbocycles. The van der Waals surface area contributed by atoms with Crippen LogP contribution in [0.1, 0.15) is 0 Å². The number of halogens is 1. The Morgan fingerprint density at radius 2 is 1.64 bits per heavy atom. The number of pyridine rings is 1. The molecule has 0 atom stereocenters. The van der Waals surface area contributed by atoms with Crippen LogP contribution in [0.2, 0.25) is 0 Å². The minimum absolute atomic E-state index is 0.263. The fourth-order valence-corrected chi connectivity index (χ4v) is 3.98. The summed E-state index contributed by atoms with van der Waals surface area (Å²) in [5.41, 5.74) is 0. The van der Waals surface area contributed by atoms with Gasteiger partial charge in [-0.15, -0.1) is 0 Å². The van der Waals surface area contributed by atoms with E-state index >= 15 is 0 Å². The highest BCUT2D eigenvalue weighted by Gasteiger charge is 2.30. The highest BCUT2D eigenvalue weighted by atomic mass is 32.2. The van der Waals surface area contributed by atoms with Crippen molar-refractivity contribution in [3.8, 4) is 0 Å². The summed E-state index contributed by atoms with van der Waals surface area (Å²) >= 11 is 0. The smallest absolute Gasteiger partial charge is 0.246 e. The van der Waals surface area contributed by atoms with Crippen LogP contribution in [0, 0.1) is 5.82 Å². The van der Waals surface area contributed by atoms with E-state index in [0.717, 1.165) is 11.9 Å². The molecule has 0 bridgehead atoms. The normalized spacial score (nSPS) is 16.7. The van der Waals surface area contributed by atoms with Gasteiger partial charge in [0.25, 0.3) is 0 Å². The lowest BCUT2D eigenvalue weighted by Crippen LogP contribution is -2.49. The van der Waals surface area contributed by atoms with Crippen molar-refractivity contribution in [1.82, 2.24) is 9.29 Å². The molecular formula is C15H16FN3O2S. The number of aromatic nitrogens is 1. The standard InChI is InChI=1S/C15H16FN3O2S/c16-13-5-1-2-6-14(13)22(20,21)19-11-9-18(10-12-19)15-7-3-4-8-17-15/h1-8H,9-12H2. The molecule has 1 fully saturated rings. The summed E-state index contributed by atoms with van der Waals surface area (Å²) in [7, 11) is -3.79. The average molecular weight is 321 g/mol. The third-order valence-electron chi connectivity index (χ3n) is 3.67. The van der Waals surface area contributed by atoms with Gasteiger partial charge in [0.1, 0.15) is 16.5 Å². The van der Waals surface area contributed by atoms with E-state index in [1.54, 1.807) is 6.20 Å². The fourth-order valence-electron chi connectivity index (χ4n) is 2.49. The van der Waals surface area contributed by atoms with Crippen LogP contribution in [0.15, 0.2) is 53.6 Å². The largest absolute Gasteiger partial charge is 0.354 e. The van der Waals surface area contributed by atoms with Gasteiger partial charge >= 0.3 is 0 Å². The van der Waals surface area contributed by atoms with Crippen molar-refractivity contribution in [2.45, 2.75) is 4.90 Å². The summed E-state index contributed by atoms with van der Waals surface area (Å²) in [6, 6.07) is 11.1. The molecule has 0 spiro atoms. The summed E-state index contributed by atoms with van der Waals surface area (Å²) in [5.74, 6) is 0.111. The zero-order chi connectivity index (χ0) is 15.6. The number of piperazine rings is 1. The maximum absolute atomic E-state index is 13.8. The molecule has 2 aromatic rings. The van der Waals surface area contributed by atoms with E-state index in [2.05, 4.69) is 4.98 Å². The molecule has 22 heavy (non-hydrogen) atoms. The van der Waals surface area contributed by atoms with Gasteiger partial charge < -0.3 is 4.90 Å². The topological polar surface area (TPSA) is 53.5 Å². The zero-order valence-electron chi connectivity index (χ0n) is 11.9. The van der Waals surface area contributed by atoms with Crippen LogP contribution in [0.5, 0.6) is 0 Å². The summed E-state index contributed by atoms with van der Waals surface area (Å²) in [6.45, 7) is 1.69. The second-order valence-corrected chi connectivity index (χ2v) is 6.92. The highest BCUT2D eigenvalue weighted by Crippen LogP contribution is 2.21. The van der Waals surface area contributed by atoms with Crippen LogP contribution < -0.4 is 4.90 Å². The second-order valence-electron chi connectivity index (χ2n) is 5.01. The van der Waals surface area contributed by atoms with Crippen LogP contribution >= 0.6 is 0 Å². The first kappa shape index (κ1) is 14.9. The molecule has 2 heterocycles. The summed E-state index contributed by atoms with van der Waals surface area (Å²) in [6.07, 6.45) is 1.71.